The average molecular weight is 452 g/mol. The molecule has 0 aliphatic heterocycles. The Morgan fingerprint density at radius 2 is 1.78 bits per heavy atom. The molecular weight excluding hydrogens is 434 g/mol. The number of halogens is 2. The number of anilines is 3. The molecule has 1 amide bonds. The monoisotopic (exact) mass is 452 g/mol. The van der Waals surface area contributed by atoms with Crippen molar-refractivity contribution in [2.24, 2.45) is 0 Å². The zero-order valence-corrected chi connectivity index (χ0v) is 17.7. The molecule has 2 heterocycles. The van der Waals surface area contributed by atoms with Gasteiger partial charge in [-0.15, -0.1) is 0 Å². The van der Waals surface area contributed by atoms with Crippen LogP contribution in [0.25, 0.3) is 5.82 Å². The number of rotatable bonds is 7. The quantitative estimate of drug-likeness (QED) is 0.371. The van der Waals surface area contributed by atoms with E-state index in [2.05, 4.69) is 25.7 Å². The van der Waals surface area contributed by atoms with Gasteiger partial charge in [0.1, 0.15) is 11.6 Å². The normalized spacial score (nSPS) is 10.9. The van der Waals surface area contributed by atoms with Crippen LogP contribution in [-0.4, -0.2) is 31.4 Å². The number of carbonyl (C=O) groups excluding carboxylic acids is 1. The molecule has 0 saturated carbocycles. The van der Waals surface area contributed by atoms with Crippen molar-refractivity contribution in [3.8, 4) is 5.82 Å². The SMILES string of the molecule is Cc1nc(Nc2ccc(NC(=O)c3ccccc3SC(F)F)cc2)cc(-n2cccn2)n1. The summed E-state index contributed by atoms with van der Waals surface area (Å²) in [4.78, 5) is 21.6. The summed E-state index contributed by atoms with van der Waals surface area (Å²) in [5.41, 5.74) is 1.48. The minimum atomic E-state index is -2.60. The largest absolute Gasteiger partial charge is 0.340 e. The highest BCUT2D eigenvalue weighted by Crippen LogP contribution is 2.29. The van der Waals surface area contributed by atoms with E-state index in [4.69, 9.17) is 0 Å². The van der Waals surface area contributed by atoms with Crippen LogP contribution in [0.1, 0.15) is 16.2 Å². The van der Waals surface area contributed by atoms with Crippen molar-refractivity contribution in [3.63, 3.8) is 0 Å². The van der Waals surface area contributed by atoms with Crippen LogP contribution in [0.4, 0.5) is 26.0 Å². The van der Waals surface area contributed by atoms with Crippen LogP contribution >= 0.6 is 11.8 Å². The van der Waals surface area contributed by atoms with Crippen LogP contribution < -0.4 is 10.6 Å². The summed E-state index contributed by atoms with van der Waals surface area (Å²) in [7, 11) is 0. The molecule has 162 valence electrons. The van der Waals surface area contributed by atoms with Gasteiger partial charge < -0.3 is 10.6 Å². The lowest BCUT2D eigenvalue weighted by molar-refractivity contribution is 0.102. The number of amides is 1. The fourth-order valence-electron chi connectivity index (χ4n) is 2.97. The van der Waals surface area contributed by atoms with Crippen molar-refractivity contribution < 1.29 is 13.6 Å². The van der Waals surface area contributed by atoms with Gasteiger partial charge in [0.25, 0.3) is 11.7 Å². The van der Waals surface area contributed by atoms with E-state index in [0.717, 1.165) is 5.69 Å². The van der Waals surface area contributed by atoms with Crippen LogP contribution in [0, 0.1) is 6.92 Å². The van der Waals surface area contributed by atoms with Crippen LogP contribution in [0.2, 0.25) is 0 Å². The summed E-state index contributed by atoms with van der Waals surface area (Å²) < 4.78 is 27.2. The van der Waals surface area contributed by atoms with Crippen molar-refractivity contribution in [1.29, 1.82) is 0 Å². The van der Waals surface area contributed by atoms with E-state index in [-0.39, 0.29) is 10.5 Å². The molecule has 10 heteroatoms. The third-order valence-corrected chi connectivity index (χ3v) is 5.11. The standard InChI is InChI=1S/C22H18F2N6OS/c1-14-26-19(13-20(27-14)30-12-4-11-25-30)28-15-7-9-16(10-8-15)29-21(31)17-5-2-3-6-18(17)32-22(23)24/h2-13,22H,1H3,(H,29,31)(H,26,27,28). The van der Waals surface area contributed by atoms with E-state index >= 15 is 0 Å². The van der Waals surface area contributed by atoms with Crippen molar-refractivity contribution in [2.75, 3.05) is 10.6 Å². The maximum atomic E-state index is 12.8. The summed E-state index contributed by atoms with van der Waals surface area (Å²) >= 11 is 0.346. The van der Waals surface area contributed by atoms with Gasteiger partial charge in [-0.1, -0.05) is 23.9 Å². The van der Waals surface area contributed by atoms with Gasteiger partial charge in [0.15, 0.2) is 5.82 Å². The molecule has 2 aromatic carbocycles. The van der Waals surface area contributed by atoms with E-state index in [1.54, 1.807) is 66.5 Å². The molecule has 0 aliphatic carbocycles. The Hall–Kier alpha value is -3.79. The van der Waals surface area contributed by atoms with Crippen molar-refractivity contribution >= 4 is 34.9 Å². The third kappa shape index (κ3) is 5.27. The number of hydrogen-bond donors (Lipinski definition) is 2. The van der Waals surface area contributed by atoms with Gasteiger partial charge in [0.05, 0.1) is 5.56 Å². The second-order valence-electron chi connectivity index (χ2n) is 6.64. The third-order valence-electron chi connectivity index (χ3n) is 4.33. The van der Waals surface area contributed by atoms with Crippen molar-refractivity contribution in [3.05, 3.63) is 84.4 Å². The summed E-state index contributed by atoms with van der Waals surface area (Å²) in [5.74, 6) is -1.24. The number of aromatic nitrogens is 4. The Bertz CT molecular complexity index is 1220. The molecular formula is C22H18F2N6OS. The summed E-state index contributed by atoms with van der Waals surface area (Å²) in [5, 5.41) is 10.1. The van der Waals surface area contributed by atoms with Gasteiger partial charge in [0.2, 0.25) is 0 Å². The van der Waals surface area contributed by atoms with E-state index < -0.39 is 11.7 Å². The molecule has 4 rings (SSSR count). The minimum absolute atomic E-state index is 0.197. The molecule has 0 bridgehead atoms. The van der Waals surface area contributed by atoms with Gasteiger partial charge in [0, 0.05) is 34.7 Å². The summed E-state index contributed by atoms with van der Waals surface area (Å²) in [6, 6.07) is 16.8. The van der Waals surface area contributed by atoms with E-state index in [1.165, 1.54) is 12.1 Å². The second-order valence-corrected chi connectivity index (χ2v) is 7.67. The fraction of sp³-hybridized carbons (Fsp3) is 0.0909. The molecule has 0 spiro atoms. The first-order chi connectivity index (χ1) is 15.5. The van der Waals surface area contributed by atoms with E-state index in [0.29, 0.717) is 34.9 Å². The molecule has 0 radical (unpaired) electrons. The summed E-state index contributed by atoms with van der Waals surface area (Å²) in [6.07, 6.45) is 3.46. The Morgan fingerprint density at radius 3 is 2.50 bits per heavy atom. The predicted molar refractivity (Wildman–Crippen MR) is 120 cm³/mol. The maximum Gasteiger partial charge on any atom is 0.288 e. The number of aryl methyl sites for hydroxylation is 1. The van der Waals surface area contributed by atoms with Crippen molar-refractivity contribution in [2.45, 2.75) is 17.6 Å². The first-order valence-corrected chi connectivity index (χ1v) is 10.4. The molecule has 2 aromatic heterocycles. The smallest absolute Gasteiger partial charge is 0.288 e. The molecule has 0 fully saturated rings. The molecule has 0 atom stereocenters. The highest BCUT2D eigenvalue weighted by molar-refractivity contribution is 7.99. The maximum absolute atomic E-state index is 12.8. The number of thioether (sulfide) groups is 1. The minimum Gasteiger partial charge on any atom is -0.340 e. The van der Waals surface area contributed by atoms with Crippen LogP contribution in [0.15, 0.2) is 78.0 Å². The zero-order valence-electron chi connectivity index (χ0n) is 16.9. The van der Waals surface area contributed by atoms with Gasteiger partial charge in [-0.25, -0.2) is 14.6 Å². The zero-order chi connectivity index (χ0) is 22.5. The van der Waals surface area contributed by atoms with Gasteiger partial charge in [-0.3, -0.25) is 4.79 Å². The van der Waals surface area contributed by atoms with Crippen LogP contribution in [0.3, 0.4) is 0 Å². The fourth-order valence-corrected chi connectivity index (χ4v) is 3.61. The first-order valence-electron chi connectivity index (χ1n) is 9.56. The first kappa shape index (κ1) is 21.4. The molecule has 0 unspecified atom stereocenters. The Kier molecular flexibility index (Phi) is 6.41. The molecule has 0 aliphatic rings. The van der Waals surface area contributed by atoms with Gasteiger partial charge in [-0.2, -0.15) is 13.9 Å². The van der Waals surface area contributed by atoms with E-state index in [1.807, 2.05) is 6.07 Å². The molecule has 0 saturated heterocycles. The van der Waals surface area contributed by atoms with E-state index in [9.17, 15) is 13.6 Å². The highest BCUT2D eigenvalue weighted by Gasteiger charge is 2.15. The predicted octanol–water partition coefficient (Wildman–Crippen LogP) is 5.28. The molecule has 32 heavy (non-hydrogen) atoms. The van der Waals surface area contributed by atoms with Gasteiger partial charge in [-0.05, 0) is 49.4 Å². The van der Waals surface area contributed by atoms with Gasteiger partial charge >= 0.3 is 0 Å². The molecule has 4 aromatic rings. The van der Waals surface area contributed by atoms with Crippen LogP contribution in [0.5, 0.6) is 0 Å². The number of nitrogens with one attached hydrogen (secondary N) is 2. The molecule has 7 nitrogen and oxygen atoms in total. The number of nitrogens with zero attached hydrogens (tertiary/aromatic N) is 4. The molecule has 2 N–H and O–H groups in total. The summed E-state index contributed by atoms with van der Waals surface area (Å²) in [6.45, 7) is 1.79. The number of hydrogen-bond acceptors (Lipinski definition) is 6. The average Bonchev–Trinajstić information content (AvgIpc) is 3.30. The lowest BCUT2D eigenvalue weighted by Gasteiger charge is -2.11. The Morgan fingerprint density at radius 1 is 1.03 bits per heavy atom. The number of benzene rings is 2. The second kappa shape index (κ2) is 9.56. The topological polar surface area (TPSA) is 84.7 Å². The van der Waals surface area contributed by atoms with Crippen molar-refractivity contribution in [1.82, 2.24) is 19.7 Å². The lowest BCUT2D eigenvalue weighted by Crippen LogP contribution is -2.13. The highest BCUT2D eigenvalue weighted by atomic mass is 32.2. The number of carbonyl (C=O) groups is 1. The lowest BCUT2D eigenvalue weighted by atomic mass is 10.2. The Balaban J connectivity index is 1.46. The van der Waals surface area contributed by atoms with Crippen LogP contribution in [-0.2, 0) is 0 Å². The number of alkyl halides is 2. The Labute approximate surface area is 186 Å².